The van der Waals surface area contributed by atoms with Crippen LogP contribution in [0.3, 0.4) is 0 Å². The first-order valence-corrected chi connectivity index (χ1v) is 10.7. The maximum absolute atomic E-state index is 13.0. The van der Waals surface area contributed by atoms with E-state index in [-0.39, 0.29) is 11.9 Å². The molecule has 4 rings (SSSR count). The largest absolute Gasteiger partial charge is 0.381 e. The summed E-state index contributed by atoms with van der Waals surface area (Å²) in [7, 11) is 1.82. The van der Waals surface area contributed by atoms with E-state index in [2.05, 4.69) is 5.32 Å². The number of hydrogen-bond donors (Lipinski definition) is 1. The van der Waals surface area contributed by atoms with Crippen LogP contribution in [-0.2, 0) is 11.8 Å². The van der Waals surface area contributed by atoms with E-state index >= 15 is 0 Å². The van der Waals surface area contributed by atoms with Gasteiger partial charge in [-0.05, 0) is 43.2 Å². The van der Waals surface area contributed by atoms with E-state index < -0.39 is 0 Å². The zero-order chi connectivity index (χ0) is 21.3. The van der Waals surface area contributed by atoms with Gasteiger partial charge in [-0.25, -0.2) is 4.98 Å². The van der Waals surface area contributed by atoms with Gasteiger partial charge in [0.05, 0.1) is 16.4 Å². The van der Waals surface area contributed by atoms with Gasteiger partial charge in [0.2, 0.25) is 0 Å². The van der Waals surface area contributed by atoms with Crippen LogP contribution in [0, 0.1) is 0 Å². The van der Waals surface area contributed by atoms with Crippen LogP contribution in [0.5, 0.6) is 0 Å². The molecule has 5 nitrogen and oxygen atoms in total. The van der Waals surface area contributed by atoms with E-state index in [9.17, 15) is 4.79 Å². The molecule has 0 bridgehead atoms. The number of ether oxygens (including phenoxy) is 1. The summed E-state index contributed by atoms with van der Waals surface area (Å²) in [6.07, 6.45) is 1.58. The summed E-state index contributed by atoms with van der Waals surface area (Å²) >= 11 is 18.6. The van der Waals surface area contributed by atoms with E-state index in [1.54, 1.807) is 28.8 Å². The van der Waals surface area contributed by atoms with Gasteiger partial charge in [0.25, 0.3) is 5.91 Å². The van der Waals surface area contributed by atoms with Crippen molar-refractivity contribution in [1.29, 1.82) is 0 Å². The molecule has 3 aromatic rings. The monoisotopic (exact) mass is 463 g/mol. The molecule has 0 unspecified atom stereocenters. The predicted molar refractivity (Wildman–Crippen MR) is 120 cm³/mol. The summed E-state index contributed by atoms with van der Waals surface area (Å²) in [4.78, 5) is 17.7. The Morgan fingerprint density at radius 1 is 1.07 bits per heavy atom. The predicted octanol–water partition coefficient (Wildman–Crippen LogP) is 5.62. The van der Waals surface area contributed by atoms with Crippen LogP contribution in [-0.4, -0.2) is 34.7 Å². The Labute approximate surface area is 189 Å². The molecule has 8 heteroatoms. The average Bonchev–Trinajstić information content (AvgIpc) is 3.06. The molecular weight excluding hydrogens is 445 g/mol. The number of benzene rings is 2. The highest BCUT2D eigenvalue weighted by Gasteiger charge is 2.25. The first-order valence-electron chi connectivity index (χ1n) is 9.60. The van der Waals surface area contributed by atoms with Crippen LogP contribution in [0.2, 0.25) is 15.1 Å². The van der Waals surface area contributed by atoms with Crippen molar-refractivity contribution in [3.8, 4) is 22.5 Å². The third-order valence-electron chi connectivity index (χ3n) is 5.16. The molecule has 1 amide bonds. The molecule has 1 N–H and O–H groups in total. The maximum Gasteiger partial charge on any atom is 0.287 e. The van der Waals surface area contributed by atoms with Crippen molar-refractivity contribution in [3.05, 3.63) is 63.4 Å². The number of nitrogens with zero attached hydrogens (tertiary/aromatic N) is 2. The Morgan fingerprint density at radius 3 is 2.40 bits per heavy atom. The number of carbonyl (C=O) groups is 1. The molecule has 2 heterocycles. The topological polar surface area (TPSA) is 56.2 Å². The molecular formula is C22H20Cl3N3O2. The zero-order valence-electron chi connectivity index (χ0n) is 16.3. The van der Waals surface area contributed by atoms with Crippen molar-refractivity contribution in [2.24, 2.45) is 7.05 Å². The van der Waals surface area contributed by atoms with E-state index in [1.165, 1.54) is 0 Å². The number of aromatic nitrogens is 2. The van der Waals surface area contributed by atoms with Crippen molar-refractivity contribution in [1.82, 2.24) is 14.9 Å². The molecule has 0 spiro atoms. The van der Waals surface area contributed by atoms with Gasteiger partial charge in [-0.15, -0.1) is 0 Å². The fourth-order valence-electron chi connectivity index (χ4n) is 3.60. The van der Waals surface area contributed by atoms with Crippen LogP contribution < -0.4 is 5.32 Å². The van der Waals surface area contributed by atoms with Crippen LogP contribution in [0.25, 0.3) is 22.5 Å². The Morgan fingerprint density at radius 2 is 1.73 bits per heavy atom. The Balaban J connectivity index is 1.80. The lowest BCUT2D eigenvalue weighted by molar-refractivity contribution is 0.0690. The number of nitrogens with one attached hydrogen (secondary N) is 1. The van der Waals surface area contributed by atoms with Crippen LogP contribution in [0.15, 0.2) is 42.5 Å². The summed E-state index contributed by atoms with van der Waals surface area (Å²) < 4.78 is 7.16. The maximum atomic E-state index is 13.0. The molecule has 0 saturated carbocycles. The second-order valence-corrected chi connectivity index (χ2v) is 8.46. The van der Waals surface area contributed by atoms with Gasteiger partial charge in [0.1, 0.15) is 0 Å². The van der Waals surface area contributed by atoms with Gasteiger partial charge in [0, 0.05) is 47.5 Å². The van der Waals surface area contributed by atoms with E-state index in [0.29, 0.717) is 45.4 Å². The molecule has 0 radical (unpaired) electrons. The van der Waals surface area contributed by atoms with Crippen LogP contribution >= 0.6 is 34.8 Å². The number of amides is 1. The third-order valence-corrected chi connectivity index (χ3v) is 5.96. The van der Waals surface area contributed by atoms with Crippen molar-refractivity contribution < 1.29 is 9.53 Å². The van der Waals surface area contributed by atoms with Crippen molar-refractivity contribution in [3.63, 3.8) is 0 Å². The first-order chi connectivity index (χ1) is 14.4. The summed E-state index contributed by atoms with van der Waals surface area (Å²) in [5.74, 6) is 0.0865. The van der Waals surface area contributed by atoms with Gasteiger partial charge in [-0.3, -0.25) is 4.79 Å². The van der Waals surface area contributed by atoms with Gasteiger partial charge >= 0.3 is 0 Å². The highest BCUT2D eigenvalue weighted by atomic mass is 35.5. The lowest BCUT2D eigenvalue weighted by Crippen LogP contribution is -2.39. The Kier molecular flexibility index (Phi) is 6.34. The Bertz CT molecular complexity index is 1070. The van der Waals surface area contributed by atoms with Gasteiger partial charge in [-0.2, -0.15) is 0 Å². The molecule has 1 aliphatic heterocycles. The van der Waals surface area contributed by atoms with Crippen LogP contribution in [0.4, 0.5) is 0 Å². The molecule has 1 aromatic heterocycles. The number of halogens is 3. The molecule has 2 aromatic carbocycles. The number of hydrogen-bond acceptors (Lipinski definition) is 3. The molecule has 1 aliphatic rings. The highest BCUT2D eigenvalue weighted by molar-refractivity contribution is 6.36. The number of carbonyl (C=O) groups excluding carboxylic acids is 1. The van der Waals surface area contributed by atoms with E-state index in [4.69, 9.17) is 44.5 Å². The normalized spacial score (nSPS) is 14.7. The highest BCUT2D eigenvalue weighted by Crippen LogP contribution is 2.37. The lowest BCUT2D eigenvalue weighted by Gasteiger charge is -2.22. The summed E-state index contributed by atoms with van der Waals surface area (Å²) in [6.45, 7) is 1.29. The quantitative estimate of drug-likeness (QED) is 0.545. The molecule has 30 heavy (non-hydrogen) atoms. The summed E-state index contributed by atoms with van der Waals surface area (Å²) in [6, 6.07) is 12.7. The van der Waals surface area contributed by atoms with Gasteiger partial charge in [-0.1, -0.05) is 46.9 Å². The molecule has 1 fully saturated rings. The molecule has 156 valence electrons. The minimum Gasteiger partial charge on any atom is -0.381 e. The van der Waals surface area contributed by atoms with E-state index in [1.807, 2.05) is 25.2 Å². The Hall–Kier alpha value is -2.05. The second-order valence-electron chi connectivity index (χ2n) is 7.18. The number of imidazole rings is 1. The van der Waals surface area contributed by atoms with Gasteiger partial charge in [0.15, 0.2) is 5.82 Å². The zero-order valence-corrected chi connectivity index (χ0v) is 18.6. The first kappa shape index (κ1) is 21.2. The lowest BCUT2D eigenvalue weighted by atomic mass is 10.0. The van der Waals surface area contributed by atoms with E-state index in [0.717, 1.165) is 24.1 Å². The fourth-order valence-corrected chi connectivity index (χ4v) is 4.22. The van der Waals surface area contributed by atoms with Crippen molar-refractivity contribution in [2.45, 2.75) is 18.9 Å². The smallest absolute Gasteiger partial charge is 0.287 e. The minimum atomic E-state index is -0.226. The third kappa shape index (κ3) is 4.35. The molecule has 0 aliphatic carbocycles. The average molecular weight is 465 g/mol. The number of rotatable bonds is 4. The molecule has 1 saturated heterocycles. The second kappa shape index (κ2) is 8.98. The van der Waals surface area contributed by atoms with Gasteiger partial charge < -0.3 is 14.6 Å². The standard InChI is InChI=1S/C22H20Cl3N3O2/c1-28-20(13-2-4-14(23)5-3-13)19(17-7-6-15(24)12-18(17)25)27-21(28)22(29)26-16-8-10-30-11-9-16/h2-7,12,16H,8-11H2,1H3,(H,26,29). The van der Waals surface area contributed by atoms with Crippen molar-refractivity contribution >= 4 is 40.7 Å². The molecule has 0 atom stereocenters. The summed E-state index contributed by atoms with van der Waals surface area (Å²) in [5, 5.41) is 4.70. The SMILES string of the molecule is Cn1c(C(=O)NC2CCOCC2)nc(-c2ccc(Cl)cc2Cl)c1-c1ccc(Cl)cc1. The van der Waals surface area contributed by atoms with Crippen LogP contribution in [0.1, 0.15) is 23.5 Å². The fraction of sp³-hybridized carbons (Fsp3) is 0.273. The summed E-state index contributed by atoms with van der Waals surface area (Å²) in [5.41, 5.74) is 2.96. The van der Waals surface area contributed by atoms with Crippen molar-refractivity contribution in [2.75, 3.05) is 13.2 Å². The minimum absolute atomic E-state index is 0.0736.